The topological polar surface area (TPSA) is 93.1 Å². The van der Waals surface area contributed by atoms with Crippen molar-refractivity contribution in [2.24, 2.45) is 7.05 Å². The van der Waals surface area contributed by atoms with Gasteiger partial charge in [0.15, 0.2) is 0 Å². The van der Waals surface area contributed by atoms with Crippen molar-refractivity contribution in [3.8, 4) is 0 Å². The van der Waals surface area contributed by atoms with Gasteiger partial charge in [-0.25, -0.2) is 18.1 Å². The van der Waals surface area contributed by atoms with E-state index in [1.807, 2.05) is 25.1 Å². The van der Waals surface area contributed by atoms with Crippen molar-refractivity contribution in [3.05, 3.63) is 69.2 Å². The lowest BCUT2D eigenvalue weighted by Crippen LogP contribution is -2.31. The highest BCUT2D eigenvalue weighted by Crippen LogP contribution is 2.15. The summed E-state index contributed by atoms with van der Waals surface area (Å²) in [6, 6.07) is 13.6. The van der Waals surface area contributed by atoms with Crippen molar-refractivity contribution in [2.45, 2.75) is 24.3 Å². The van der Waals surface area contributed by atoms with Crippen LogP contribution in [0.25, 0.3) is 10.9 Å². The number of para-hydroxylation sites is 1. The molecule has 1 aromatic heterocycles. The van der Waals surface area contributed by atoms with Crippen molar-refractivity contribution in [2.75, 3.05) is 13.1 Å². The van der Waals surface area contributed by atoms with Gasteiger partial charge in [-0.05, 0) is 56.3 Å². The fourth-order valence-electron chi connectivity index (χ4n) is 3.02. The fourth-order valence-corrected chi connectivity index (χ4v) is 4.36. The SMILES string of the molecule is CC(NCCCNS(=O)(=O)c1ccc(Br)cc1)c1nc2ccccc2c(=O)n1C. The van der Waals surface area contributed by atoms with Crippen LogP contribution in [0.2, 0.25) is 0 Å². The standard InChI is InChI=1S/C20H23BrN4O3S/c1-14(19-24-18-7-4-3-6-17(18)20(26)25(19)2)22-12-5-13-23-29(27,28)16-10-8-15(21)9-11-16/h3-4,6-11,14,22-23H,5,12-13H2,1-2H3. The maximum absolute atomic E-state index is 12.5. The summed E-state index contributed by atoms with van der Waals surface area (Å²) in [5.74, 6) is 0.643. The minimum Gasteiger partial charge on any atom is -0.308 e. The van der Waals surface area contributed by atoms with Crippen LogP contribution in [0.5, 0.6) is 0 Å². The number of hydrogen-bond acceptors (Lipinski definition) is 5. The Morgan fingerprint density at radius 1 is 1.10 bits per heavy atom. The van der Waals surface area contributed by atoms with Gasteiger partial charge in [-0.3, -0.25) is 9.36 Å². The molecule has 0 aliphatic rings. The number of benzene rings is 2. The molecule has 1 unspecified atom stereocenters. The summed E-state index contributed by atoms with van der Waals surface area (Å²) >= 11 is 3.29. The van der Waals surface area contributed by atoms with Gasteiger partial charge in [0.05, 0.1) is 21.8 Å². The summed E-state index contributed by atoms with van der Waals surface area (Å²) in [5, 5.41) is 3.89. The second-order valence-corrected chi connectivity index (χ2v) is 9.42. The predicted octanol–water partition coefficient (Wildman–Crippen LogP) is 2.72. The summed E-state index contributed by atoms with van der Waals surface area (Å²) in [6.07, 6.45) is 0.599. The molecule has 0 aliphatic carbocycles. The van der Waals surface area contributed by atoms with E-state index in [-0.39, 0.29) is 16.5 Å². The molecule has 29 heavy (non-hydrogen) atoms. The molecule has 0 aliphatic heterocycles. The number of halogens is 1. The average Bonchev–Trinajstić information content (AvgIpc) is 2.70. The largest absolute Gasteiger partial charge is 0.308 e. The second-order valence-electron chi connectivity index (χ2n) is 6.73. The van der Waals surface area contributed by atoms with E-state index in [2.05, 4.69) is 31.0 Å². The molecule has 0 saturated carbocycles. The Hall–Kier alpha value is -2.07. The molecule has 0 fully saturated rings. The highest BCUT2D eigenvalue weighted by Gasteiger charge is 2.15. The Morgan fingerprint density at radius 3 is 2.52 bits per heavy atom. The molecular formula is C20H23BrN4O3S. The molecule has 154 valence electrons. The summed E-state index contributed by atoms with van der Waals surface area (Å²) in [6.45, 7) is 2.82. The molecule has 9 heteroatoms. The smallest absolute Gasteiger partial charge is 0.261 e. The minimum atomic E-state index is -3.52. The number of aromatic nitrogens is 2. The van der Waals surface area contributed by atoms with Crippen molar-refractivity contribution in [1.29, 1.82) is 0 Å². The van der Waals surface area contributed by atoms with Crippen LogP contribution in [0.3, 0.4) is 0 Å². The molecule has 1 heterocycles. The van der Waals surface area contributed by atoms with Gasteiger partial charge in [-0.2, -0.15) is 0 Å². The third-order valence-electron chi connectivity index (χ3n) is 4.63. The molecular weight excluding hydrogens is 456 g/mol. The minimum absolute atomic E-state index is 0.0819. The zero-order chi connectivity index (χ0) is 21.0. The number of nitrogens with zero attached hydrogens (tertiary/aromatic N) is 2. The molecule has 1 atom stereocenters. The molecule has 0 saturated heterocycles. The average molecular weight is 479 g/mol. The first kappa shape index (κ1) is 21.6. The first-order valence-corrected chi connectivity index (χ1v) is 11.5. The Labute approximate surface area is 178 Å². The van der Waals surface area contributed by atoms with Crippen LogP contribution in [-0.4, -0.2) is 31.1 Å². The van der Waals surface area contributed by atoms with E-state index in [0.717, 1.165) is 4.47 Å². The maximum Gasteiger partial charge on any atom is 0.261 e. The Bertz CT molecular complexity index is 1160. The van der Waals surface area contributed by atoms with Crippen molar-refractivity contribution < 1.29 is 8.42 Å². The Morgan fingerprint density at radius 2 is 1.79 bits per heavy atom. The van der Waals surface area contributed by atoms with Gasteiger partial charge < -0.3 is 5.32 Å². The summed E-state index contributed by atoms with van der Waals surface area (Å²) < 4.78 is 29.5. The third kappa shape index (κ3) is 5.11. The van der Waals surface area contributed by atoms with Crippen LogP contribution in [0.4, 0.5) is 0 Å². The lowest BCUT2D eigenvalue weighted by Gasteiger charge is -2.17. The van der Waals surface area contributed by atoms with Crippen molar-refractivity contribution in [3.63, 3.8) is 0 Å². The first-order chi connectivity index (χ1) is 13.8. The van der Waals surface area contributed by atoms with E-state index in [4.69, 9.17) is 0 Å². The molecule has 7 nitrogen and oxygen atoms in total. The normalized spacial score (nSPS) is 12.9. The monoisotopic (exact) mass is 478 g/mol. The van der Waals surface area contributed by atoms with E-state index >= 15 is 0 Å². The van der Waals surface area contributed by atoms with Gasteiger partial charge in [-0.15, -0.1) is 0 Å². The van der Waals surface area contributed by atoms with Gasteiger partial charge in [0.2, 0.25) is 10.0 Å². The lowest BCUT2D eigenvalue weighted by atomic mass is 10.2. The van der Waals surface area contributed by atoms with E-state index < -0.39 is 10.0 Å². The maximum atomic E-state index is 12.5. The summed E-state index contributed by atoms with van der Waals surface area (Å²) in [5.41, 5.74) is 0.586. The van der Waals surface area contributed by atoms with Gasteiger partial charge in [0.1, 0.15) is 5.82 Å². The van der Waals surface area contributed by atoms with Gasteiger partial charge >= 0.3 is 0 Å². The molecule has 0 radical (unpaired) electrons. The van der Waals surface area contributed by atoms with Crippen LogP contribution in [-0.2, 0) is 17.1 Å². The Kier molecular flexibility index (Phi) is 6.84. The van der Waals surface area contributed by atoms with E-state index in [1.165, 1.54) is 0 Å². The number of sulfonamides is 1. The number of nitrogens with one attached hydrogen (secondary N) is 2. The van der Waals surface area contributed by atoms with Gasteiger partial charge in [-0.1, -0.05) is 28.1 Å². The van der Waals surface area contributed by atoms with Crippen LogP contribution >= 0.6 is 15.9 Å². The highest BCUT2D eigenvalue weighted by molar-refractivity contribution is 9.10. The van der Waals surface area contributed by atoms with Gasteiger partial charge in [0, 0.05) is 18.1 Å². The molecule has 0 amide bonds. The second kappa shape index (κ2) is 9.17. The fraction of sp³-hybridized carbons (Fsp3) is 0.300. The number of fused-ring (bicyclic) bond motifs is 1. The van der Waals surface area contributed by atoms with E-state index in [9.17, 15) is 13.2 Å². The Balaban J connectivity index is 1.56. The van der Waals surface area contributed by atoms with E-state index in [0.29, 0.717) is 36.2 Å². The molecule has 3 aromatic rings. The van der Waals surface area contributed by atoms with Crippen LogP contribution in [0.1, 0.15) is 25.2 Å². The zero-order valence-electron chi connectivity index (χ0n) is 16.2. The number of hydrogen-bond donors (Lipinski definition) is 2. The summed E-state index contributed by atoms with van der Waals surface area (Å²) in [4.78, 5) is 17.4. The van der Waals surface area contributed by atoms with Gasteiger partial charge in [0.25, 0.3) is 5.56 Å². The third-order valence-corrected chi connectivity index (χ3v) is 6.63. The zero-order valence-corrected chi connectivity index (χ0v) is 18.6. The molecule has 0 spiro atoms. The highest BCUT2D eigenvalue weighted by atomic mass is 79.9. The predicted molar refractivity (Wildman–Crippen MR) is 117 cm³/mol. The first-order valence-electron chi connectivity index (χ1n) is 9.24. The molecule has 2 aromatic carbocycles. The quantitative estimate of drug-likeness (QED) is 0.485. The number of rotatable bonds is 8. The summed E-state index contributed by atoms with van der Waals surface area (Å²) in [7, 11) is -1.81. The van der Waals surface area contributed by atoms with Crippen LogP contribution in [0.15, 0.2) is 62.7 Å². The van der Waals surface area contributed by atoms with Crippen molar-refractivity contribution >= 4 is 36.9 Å². The lowest BCUT2D eigenvalue weighted by molar-refractivity contribution is 0.509. The van der Waals surface area contributed by atoms with E-state index in [1.54, 1.807) is 41.9 Å². The molecule has 0 bridgehead atoms. The molecule has 3 rings (SSSR count). The van der Waals surface area contributed by atoms with Crippen LogP contribution < -0.4 is 15.6 Å². The van der Waals surface area contributed by atoms with Crippen molar-refractivity contribution in [1.82, 2.24) is 19.6 Å². The molecule has 2 N–H and O–H groups in total. The van der Waals surface area contributed by atoms with Crippen LogP contribution in [0, 0.1) is 0 Å².